The number of aliphatic carboxylic acids is 1. The first-order chi connectivity index (χ1) is 13.8. The van der Waals surface area contributed by atoms with Crippen molar-refractivity contribution in [3.63, 3.8) is 0 Å². The number of nitrogens with one attached hydrogen (secondary N) is 3. The minimum absolute atomic E-state index is 0.413. The van der Waals surface area contributed by atoms with Crippen LogP contribution in [0.2, 0.25) is 0 Å². The first kappa shape index (κ1) is 26.7. The van der Waals surface area contributed by atoms with Gasteiger partial charge in [0, 0.05) is 6.54 Å². The Hall–Kier alpha value is -2.32. The molecular weight excluding hydrogens is 376 g/mol. The van der Waals surface area contributed by atoms with Crippen LogP contribution in [0, 0.1) is 0 Å². The predicted molar refractivity (Wildman–Crippen MR) is 111 cm³/mol. The number of carboxylic acids is 1. The van der Waals surface area contributed by atoms with E-state index in [2.05, 4.69) is 22.9 Å². The van der Waals surface area contributed by atoms with Gasteiger partial charge in [0.05, 0.1) is 6.42 Å². The Kier molecular flexibility index (Phi) is 15.3. The number of urea groups is 1. The molecule has 0 saturated carbocycles. The average molecular weight is 415 g/mol. The summed E-state index contributed by atoms with van der Waals surface area (Å²) in [5.74, 6) is -2.77. The van der Waals surface area contributed by atoms with E-state index in [-0.39, 0.29) is 0 Å². The van der Waals surface area contributed by atoms with E-state index in [4.69, 9.17) is 10.8 Å². The zero-order valence-corrected chi connectivity index (χ0v) is 17.8. The van der Waals surface area contributed by atoms with Crippen molar-refractivity contribution in [2.75, 3.05) is 6.54 Å². The van der Waals surface area contributed by atoms with Crippen LogP contribution in [0.25, 0.3) is 0 Å². The number of primary amides is 1. The largest absolute Gasteiger partial charge is 0.480 e. The lowest BCUT2D eigenvalue weighted by atomic mass is 10.1. The minimum Gasteiger partial charge on any atom is -0.480 e. The second-order valence-electron chi connectivity index (χ2n) is 7.37. The van der Waals surface area contributed by atoms with Gasteiger partial charge in [0.25, 0.3) is 0 Å². The summed E-state index contributed by atoms with van der Waals surface area (Å²) < 4.78 is 0. The van der Waals surface area contributed by atoms with Crippen molar-refractivity contribution in [1.82, 2.24) is 16.0 Å². The fourth-order valence-electron chi connectivity index (χ4n) is 2.81. The fraction of sp³-hybridized carbons (Fsp3) is 0.800. The second kappa shape index (κ2) is 16.6. The van der Waals surface area contributed by atoms with Gasteiger partial charge in [-0.1, -0.05) is 64.7 Å². The van der Waals surface area contributed by atoms with Crippen LogP contribution in [0.4, 0.5) is 4.79 Å². The molecule has 9 heteroatoms. The zero-order chi connectivity index (χ0) is 22.1. The normalized spacial score (nSPS) is 12.6. The topological polar surface area (TPSA) is 151 Å². The van der Waals surface area contributed by atoms with Gasteiger partial charge in [0.2, 0.25) is 11.8 Å². The molecule has 29 heavy (non-hydrogen) atoms. The maximum Gasteiger partial charge on any atom is 0.325 e. The lowest BCUT2D eigenvalue weighted by molar-refractivity contribution is -0.141. The number of unbranched alkanes of at least 4 members (excludes halogenated alkanes) is 9. The van der Waals surface area contributed by atoms with Gasteiger partial charge >= 0.3 is 12.0 Å². The molecule has 0 saturated heterocycles. The van der Waals surface area contributed by atoms with Crippen molar-refractivity contribution >= 4 is 23.8 Å². The second-order valence-corrected chi connectivity index (χ2v) is 7.37. The number of carboxylic acid groups (broad SMARTS) is 1. The lowest BCUT2D eigenvalue weighted by Gasteiger charge is -2.19. The summed E-state index contributed by atoms with van der Waals surface area (Å²) in [6.07, 6.45) is 11.5. The van der Waals surface area contributed by atoms with Crippen molar-refractivity contribution in [3.8, 4) is 0 Å². The minimum atomic E-state index is -1.22. The molecule has 0 rings (SSSR count). The van der Waals surface area contributed by atoms with Gasteiger partial charge in [0.1, 0.15) is 12.1 Å². The van der Waals surface area contributed by atoms with E-state index in [0.29, 0.717) is 6.54 Å². The highest BCUT2D eigenvalue weighted by Crippen LogP contribution is 2.10. The number of rotatable bonds is 17. The van der Waals surface area contributed by atoms with Crippen LogP contribution >= 0.6 is 0 Å². The van der Waals surface area contributed by atoms with Crippen molar-refractivity contribution in [1.29, 1.82) is 0 Å². The van der Waals surface area contributed by atoms with E-state index in [1.165, 1.54) is 51.9 Å². The molecule has 0 radical (unpaired) electrons. The third-order valence-corrected chi connectivity index (χ3v) is 4.57. The standard InChI is InChI=1S/C20H38N4O5/c1-3-4-5-6-7-8-9-10-11-12-13-22-20(29)24-16(14-17(21)25)18(26)23-15(2)19(27)28/h15-16H,3-14H2,1-2H3,(H2,21,25)(H,23,26)(H,27,28)(H2,22,24,29). The van der Waals surface area contributed by atoms with Crippen LogP contribution in [-0.2, 0) is 14.4 Å². The van der Waals surface area contributed by atoms with Crippen LogP contribution in [0.5, 0.6) is 0 Å². The van der Waals surface area contributed by atoms with Crippen LogP contribution in [0.15, 0.2) is 0 Å². The molecule has 0 aromatic carbocycles. The molecule has 2 atom stereocenters. The quantitative estimate of drug-likeness (QED) is 0.231. The maximum absolute atomic E-state index is 12.1. The zero-order valence-electron chi connectivity index (χ0n) is 17.8. The summed E-state index contributed by atoms with van der Waals surface area (Å²) >= 11 is 0. The van der Waals surface area contributed by atoms with Crippen molar-refractivity contribution < 1.29 is 24.3 Å². The summed E-state index contributed by atoms with van der Waals surface area (Å²) in [4.78, 5) is 46.0. The Morgan fingerprint density at radius 3 is 1.86 bits per heavy atom. The Balaban J connectivity index is 4.00. The van der Waals surface area contributed by atoms with Crippen molar-refractivity contribution in [3.05, 3.63) is 0 Å². The molecule has 0 aliphatic rings. The molecule has 0 fully saturated rings. The van der Waals surface area contributed by atoms with E-state index in [0.717, 1.165) is 19.3 Å². The van der Waals surface area contributed by atoms with Crippen molar-refractivity contribution in [2.45, 2.75) is 96.6 Å². The summed E-state index contributed by atoms with van der Waals surface area (Å²) in [6, 6.07) is -2.96. The molecule has 0 aliphatic heterocycles. The molecule has 4 amide bonds. The summed E-state index contributed by atoms with van der Waals surface area (Å²) in [6.45, 7) is 3.95. The number of nitrogens with two attached hydrogens (primary N) is 1. The van der Waals surface area contributed by atoms with E-state index in [1.807, 2.05) is 0 Å². The first-order valence-electron chi connectivity index (χ1n) is 10.6. The number of carbonyl (C=O) groups excluding carboxylic acids is 3. The third-order valence-electron chi connectivity index (χ3n) is 4.57. The highest BCUT2D eigenvalue weighted by atomic mass is 16.4. The van der Waals surface area contributed by atoms with Gasteiger partial charge in [-0.15, -0.1) is 0 Å². The molecule has 0 aromatic heterocycles. The van der Waals surface area contributed by atoms with Gasteiger partial charge in [-0.3, -0.25) is 14.4 Å². The third kappa shape index (κ3) is 15.3. The highest BCUT2D eigenvalue weighted by Gasteiger charge is 2.25. The SMILES string of the molecule is CCCCCCCCCCCCNC(=O)NC(CC(N)=O)C(=O)NC(C)C(=O)O. The van der Waals surface area contributed by atoms with Crippen LogP contribution in [-0.4, -0.2) is 47.5 Å². The van der Waals surface area contributed by atoms with E-state index < -0.39 is 42.3 Å². The number of carbonyl (C=O) groups is 4. The summed E-state index contributed by atoms with van der Waals surface area (Å²) in [5.41, 5.74) is 5.10. The Labute approximate surface area is 173 Å². The van der Waals surface area contributed by atoms with Gasteiger partial charge in [0.15, 0.2) is 0 Å². The molecule has 2 unspecified atom stereocenters. The Morgan fingerprint density at radius 2 is 1.38 bits per heavy atom. The molecule has 0 bridgehead atoms. The smallest absolute Gasteiger partial charge is 0.325 e. The van der Waals surface area contributed by atoms with Gasteiger partial charge in [-0.05, 0) is 13.3 Å². The molecule has 0 heterocycles. The van der Waals surface area contributed by atoms with Gasteiger partial charge in [-0.25, -0.2) is 4.79 Å². The lowest BCUT2D eigenvalue weighted by Crippen LogP contribution is -2.54. The van der Waals surface area contributed by atoms with Crippen LogP contribution in [0.1, 0.15) is 84.5 Å². The highest BCUT2D eigenvalue weighted by molar-refractivity contribution is 5.93. The molecule has 0 aliphatic carbocycles. The first-order valence-corrected chi connectivity index (χ1v) is 10.6. The Morgan fingerprint density at radius 1 is 0.862 bits per heavy atom. The molecule has 9 nitrogen and oxygen atoms in total. The van der Waals surface area contributed by atoms with Gasteiger partial charge in [-0.2, -0.15) is 0 Å². The number of hydrogen-bond donors (Lipinski definition) is 5. The summed E-state index contributed by atoms with van der Waals surface area (Å²) in [5, 5.41) is 16.1. The van der Waals surface area contributed by atoms with E-state index in [1.54, 1.807) is 0 Å². The molecule has 6 N–H and O–H groups in total. The fourth-order valence-corrected chi connectivity index (χ4v) is 2.81. The van der Waals surface area contributed by atoms with E-state index >= 15 is 0 Å². The Bertz CT molecular complexity index is 513. The predicted octanol–water partition coefficient (Wildman–Crippen LogP) is 2.04. The number of amides is 4. The molecule has 0 spiro atoms. The van der Waals surface area contributed by atoms with Crippen LogP contribution < -0.4 is 21.7 Å². The van der Waals surface area contributed by atoms with Crippen molar-refractivity contribution in [2.24, 2.45) is 5.73 Å². The van der Waals surface area contributed by atoms with Crippen LogP contribution in [0.3, 0.4) is 0 Å². The summed E-state index contributed by atoms with van der Waals surface area (Å²) in [7, 11) is 0. The maximum atomic E-state index is 12.1. The monoisotopic (exact) mass is 414 g/mol. The molecular formula is C20H38N4O5. The van der Waals surface area contributed by atoms with E-state index in [9.17, 15) is 19.2 Å². The number of hydrogen-bond acceptors (Lipinski definition) is 4. The molecule has 0 aromatic rings. The molecule has 168 valence electrons. The van der Waals surface area contributed by atoms with Gasteiger partial charge < -0.3 is 26.8 Å². The average Bonchev–Trinajstić information content (AvgIpc) is 2.65.